The van der Waals surface area contributed by atoms with Crippen LogP contribution < -0.4 is 5.43 Å². The van der Waals surface area contributed by atoms with Crippen LogP contribution in [0.15, 0.2) is 41.3 Å². The van der Waals surface area contributed by atoms with E-state index in [9.17, 15) is 14.0 Å². The molecule has 1 aromatic carbocycles. The van der Waals surface area contributed by atoms with Gasteiger partial charge in [0.15, 0.2) is 10.7 Å². The number of hydrogen-bond donors (Lipinski definition) is 0. The van der Waals surface area contributed by atoms with Gasteiger partial charge in [-0.2, -0.15) is 5.10 Å². The standard InChI is InChI=1S/C21H20FN5O2S/c1-12-9-18(28)19(24-27(12)16-8-6-5-7-15(16)22)20(29)25(4)11-17-14(3)23-21-26(17)10-13(2)30-21/h5-10H,11H2,1-4H3. The van der Waals surface area contributed by atoms with Crippen molar-refractivity contribution in [2.45, 2.75) is 27.3 Å². The first kappa shape index (κ1) is 20.0. The van der Waals surface area contributed by atoms with E-state index < -0.39 is 17.2 Å². The molecule has 4 rings (SSSR count). The van der Waals surface area contributed by atoms with Crippen LogP contribution in [0.3, 0.4) is 0 Å². The topological polar surface area (TPSA) is 72.5 Å². The first-order valence-electron chi connectivity index (χ1n) is 9.31. The number of benzene rings is 1. The summed E-state index contributed by atoms with van der Waals surface area (Å²) in [7, 11) is 1.61. The third-order valence-corrected chi connectivity index (χ3v) is 5.76. The van der Waals surface area contributed by atoms with E-state index in [1.165, 1.54) is 21.7 Å². The molecule has 3 heterocycles. The lowest BCUT2D eigenvalue weighted by atomic mass is 10.2. The van der Waals surface area contributed by atoms with Gasteiger partial charge < -0.3 is 4.90 Å². The van der Waals surface area contributed by atoms with Crippen molar-refractivity contribution in [2.24, 2.45) is 0 Å². The Morgan fingerprint density at radius 1 is 1.23 bits per heavy atom. The van der Waals surface area contributed by atoms with Crippen LogP contribution in [0.4, 0.5) is 4.39 Å². The zero-order valence-electron chi connectivity index (χ0n) is 17.0. The lowest BCUT2D eigenvalue weighted by Gasteiger charge is -2.18. The Labute approximate surface area is 176 Å². The van der Waals surface area contributed by atoms with Crippen molar-refractivity contribution in [3.05, 3.63) is 80.2 Å². The predicted molar refractivity (Wildman–Crippen MR) is 113 cm³/mol. The smallest absolute Gasteiger partial charge is 0.278 e. The van der Waals surface area contributed by atoms with E-state index in [1.807, 2.05) is 24.4 Å². The van der Waals surface area contributed by atoms with Crippen molar-refractivity contribution in [3.63, 3.8) is 0 Å². The number of aromatic nitrogens is 4. The highest BCUT2D eigenvalue weighted by Crippen LogP contribution is 2.22. The Morgan fingerprint density at radius 3 is 2.70 bits per heavy atom. The van der Waals surface area contributed by atoms with E-state index in [1.54, 1.807) is 43.5 Å². The molecule has 154 valence electrons. The zero-order valence-corrected chi connectivity index (χ0v) is 17.8. The minimum Gasteiger partial charge on any atom is -0.334 e. The van der Waals surface area contributed by atoms with Gasteiger partial charge in [0, 0.05) is 29.9 Å². The molecule has 0 N–H and O–H groups in total. The van der Waals surface area contributed by atoms with E-state index in [0.717, 1.165) is 21.2 Å². The highest BCUT2D eigenvalue weighted by Gasteiger charge is 2.22. The van der Waals surface area contributed by atoms with Gasteiger partial charge in [-0.3, -0.25) is 14.0 Å². The number of rotatable bonds is 4. The number of carbonyl (C=O) groups is 1. The molecule has 0 saturated carbocycles. The summed E-state index contributed by atoms with van der Waals surface area (Å²) in [5, 5.41) is 4.19. The molecular formula is C21H20FN5O2S. The molecular weight excluding hydrogens is 405 g/mol. The molecule has 0 fully saturated rings. The number of thiazole rings is 1. The van der Waals surface area contributed by atoms with E-state index in [2.05, 4.69) is 10.1 Å². The van der Waals surface area contributed by atoms with Crippen LogP contribution in [0.5, 0.6) is 0 Å². The Bertz CT molecular complexity index is 1340. The highest BCUT2D eigenvalue weighted by molar-refractivity contribution is 7.17. The minimum absolute atomic E-state index is 0.175. The van der Waals surface area contributed by atoms with Gasteiger partial charge in [-0.05, 0) is 32.9 Å². The lowest BCUT2D eigenvalue weighted by molar-refractivity contribution is 0.0773. The van der Waals surface area contributed by atoms with Crippen LogP contribution in [0, 0.1) is 26.6 Å². The Kier molecular flexibility index (Phi) is 4.98. The highest BCUT2D eigenvalue weighted by atomic mass is 32.1. The maximum Gasteiger partial charge on any atom is 0.278 e. The maximum atomic E-state index is 14.3. The Morgan fingerprint density at radius 2 is 1.97 bits per heavy atom. The first-order valence-corrected chi connectivity index (χ1v) is 10.1. The zero-order chi connectivity index (χ0) is 21.6. The van der Waals surface area contributed by atoms with Crippen LogP contribution in [-0.4, -0.2) is 37.0 Å². The fourth-order valence-corrected chi connectivity index (χ4v) is 4.23. The predicted octanol–water partition coefficient (Wildman–Crippen LogP) is 3.28. The van der Waals surface area contributed by atoms with Crippen molar-refractivity contribution in [1.82, 2.24) is 24.1 Å². The number of para-hydroxylation sites is 1. The second-order valence-corrected chi connectivity index (χ2v) is 8.37. The van der Waals surface area contributed by atoms with Crippen LogP contribution in [-0.2, 0) is 6.54 Å². The van der Waals surface area contributed by atoms with Gasteiger partial charge in [0.25, 0.3) is 5.91 Å². The SMILES string of the molecule is Cc1cn2c(CN(C)C(=O)c3nn(-c4ccccc4F)c(C)cc3=O)c(C)nc2s1. The third-order valence-electron chi connectivity index (χ3n) is 4.87. The molecule has 0 radical (unpaired) electrons. The van der Waals surface area contributed by atoms with Crippen LogP contribution in [0.25, 0.3) is 10.6 Å². The summed E-state index contributed by atoms with van der Waals surface area (Å²) in [5.41, 5.74) is 1.54. The van der Waals surface area contributed by atoms with Gasteiger partial charge in [0.05, 0.1) is 17.9 Å². The number of imidazole rings is 1. The maximum absolute atomic E-state index is 14.3. The number of halogens is 1. The van der Waals surface area contributed by atoms with Crippen molar-refractivity contribution in [1.29, 1.82) is 0 Å². The average molecular weight is 425 g/mol. The quantitative estimate of drug-likeness (QED) is 0.503. The van der Waals surface area contributed by atoms with Crippen LogP contribution >= 0.6 is 11.3 Å². The minimum atomic E-state index is -0.536. The summed E-state index contributed by atoms with van der Waals surface area (Å²) in [6.07, 6.45) is 1.98. The second kappa shape index (κ2) is 7.49. The van der Waals surface area contributed by atoms with Crippen molar-refractivity contribution < 1.29 is 9.18 Å². The molecule has 0 saturated heterocycles. The molecule has 7 nitrogen and oxygen atoms in total. The number of carbonyl (C=O) groups excluding carboxylic acids is 1. The molecule has 0 aliphatic heterocycles. The van der Waals surface area contributed by atoms with E-state index >= 15 is 0 Å². The molecule has 0 bridgehead atoms. The monoisotopic (exact) mass is 425 g/mol. The fraction of sp³-hybridized carbons (Fsp3) is 0.238. The van der Waals surface area contributed by atoms with E-state index in [0.29, 0.717) is 5.69 Å². The molecule has 4 aromatic rings. The number of hydrogen-bond acceptors (Lipinski definition) is 5. The summed E-state index contributed by atoms with van der Waals surface area (Å²) in [6, 6.07) is 7.38. The van der Waals surface area contributed by atoms with Crippen molar-refractivity contribution >= 4 is 22.2 Å². The Hall–Kier alpha value is -3.33. The number of aryl methyl sites for hydroxylation is 3. The fourth-order valence-electron chi connectivity index (χ4n) is 3.34. The normalized spacial score (nSPS) is 11.2. The van der Waals surface area contributed by atoms with Crippen molar-refractivity contribution in [2.75, 3.05) is 7.05 Å². The molecule has 0 aliphatic rings. The van der Waals surface area contributed by atoms with Gasteiger partial charge in [0.2, 0.25) is 5.43 Å². The van der Waals surface area contributed by atoms with Gasteiger partial charge in [-0.25, -0.2) is 14.1 Å². The van der Waals surface area contributed by atoms with Crippen LogP contribution in [0.2, 0.25) is 0 Å². The molecule has 0 unspecified atom stereocenters. The third kappa shape index (κ3) is 3.41. The molecule has 0 atom stereocenters. The average Bonchev–Trinajstić information content (AvgIpc) is 3.18. The lowest BCUT2D eigenvalue weighted by Crippen LogP contribution is -2.33. The van der Waals surface area contributed by atoms with E-state index in [4.69, 9.17) is 0 Å². The van der Waals surface area contributed by atoms with Gasteiger partial charge >= 0.3 is 0 Å². The van der Waals surface area contributed by atoms with Gasteiger partial charge in [-0.15, -0.1) is 11.3 Å². The molecule has 9 heteroatoms. The number of amides is 1. The van der Waals surface area contributed by atoms with E-state index in [-0.39, 0.29) is 17.9 Å². The summed E-state index contributed by atoms with van der Waals surface area (Å²) in [5.74, 6) is -1.03. The molecule has 0 spiro atoms. The molecule has 1 amide bonds. The number of nitrogens with zero attached hydrogens (tertiary/aromatic N) is 5. The van der Waals surface area contributed by atoms with Gasteiger partial charge in [0.1, 0.15) is 11.5 Å². The summed E-state index contributed by atoms with van der Waals surface area (Å²) in [6.45, 7) is 5.79. The molecule has 30 heavy (non-hydrogen) atoms. The summed E-state index contributed by atoms with van der Waals surface area (Å²) >= 11 is 1.57. The summed E-state index contributed by atoms with van der Waals surface area (Å²) in [4.78, 5) is 33.5. The molecule has 0 aliphatic carbocycles. The largest absolute Gasteiger partial charge is 0.334 e. The first-order chi connectivity index (χ1) is 14.3. The van der Waals surface area contributed by atoms with Crippen LogP contribution in [0.1, 0.15) is 32.4 Å². The summed E-state index contributed by atoms with van der Waals surface area (Å²) < 4.78 is 17.5. The second-order valence-electron chi connectivity index (χ2n) is 7.16. The Balaban J connectivity index is 1.70. The van der Waals surface area contributed by atoms with Crippen molar-refractivity contribution in [3.8, 4) is 5.69 Å². The molecule has 3 aromatic heterocycles. The van der Waals surface area contributed by atoms with Gasteiger partial charge in [-0.1, -0.05) is 12.1 Å². The number of fused-ring (bicyclic) bond motifs is 1.